The van der Waals surface area contributed by atoms with Gasteiger partial charge in [-0.1, -0.05) is 0 Å². The molecule has 12 heavy (non-hydrogen) atoms. The fourth-order valence-corrected chi connectivity index (χ4v) is 1.19. The second-order valence-electron chi connectivity index (χ2n) is 4.15. The van der Waals surface area contributed by atoms with Crippen molar-refractivity contribution in [1.29, 1.82) is 0 Å². The van der Waals surface area contributed by atoms with Gasteiger partial charge in [0.2, 0.25) is 5.91 Å². The third-order valence-electron chi connectivity index (χ3n) is 2.06. The van der Waals surface area contributed by atoms with E-state index in [-0.39, 0.29) is 17.4 Å². The van der Waals surface area contributed by atoms with Gasteiger partial charge in [0, 0.05) is 6.04 Å². The van der Waals surface area contributed by atoms with E-state index in [0.717, 1.165) is 0 Å². The summed E-state index contributed by atoms with van der Waals surface area (Å²) in [5.41, 5.74) is -0.320. The van der Waals surface area contributed by atoms with Crippen LogP contribution in [0.15, 0.2) is 4.99 Å². The first-order valence-corrected chi connectivity index (χ1v) is 4.28. The molecule has 1 aliphatic heterocycles. The Balaban J connectivity index is 2.87. The summed E-state index contributed by atoms with van der Waals surface area (Å²) in [6, 6.07) is 0.209. The van der Waals surface area contributed by atoms with E-state index in [1.807, 2.05) is 27.7 Å². The average Bonchev–Trinajstić information content (AvgIpc) is 1.94. The number of nitrogens with zero attached hydrogens (tertiary/aromatic N) is 2. The molecule has 0 unspecified atom stereocenters. The van der Waals surface area contributed by atoms with Crippen LogP contribution in [0.1, 0.15) is 27.7 Å². The van der Waals surface area contributed by atoms with Crippen molar-refractivity contribution in [1.82, 2.24) is 4.90 Å². The van der Waals surface area contributed by atoms with Gasteiger partial charge in [0.05, 0.1) is 18.3 Å². The molecule has 0 saturated carbocycles. The molecule has 0 fully saturated rings. The highest BCUT2D eigenvalue weighted by molar-refractivity contribution is 5.93. The number of rotatable bonds is 1. The van der Waals surface area contributed by atoms with Crippen molar-refractivity contribution in [2.75, 3.05) is 6.54 Å². The van der Waals surface area contributed by atoms with Gasteiger partial charge in [0.25, 0.3) is 0 Å². The van der Waals surface area contributed by atoms with Crippen LogP contribution in [0, 0.1) is 5.41 Å². The van der Waals surface area contributed by atoms with Crippen LogP contribution in [-0.2, 0) is 4.79 Å². The summed E-state index contributed by atoms with van der Waals surface area (Å²) in [5, 5.41) is 0. The molecular formula is C9H16N2O. The summed E-state index contributed by atoms with van der Waals surface area (Å²) in [7, 11) is 0. The summed E-state index contributed by atoms with van der Waals surface area (Å²) < 4.78 is 0. The SMILES string of the molecule is CC(C)N1C=NCC(C)(C)C1=O. The molecule has 1 rings (SSSR count). The topological polar surface area (TPSA) is 32.7 Å². The van der Waals surface area contributed by atoms with Crippen molar-refractivity contribution in [3.05, 3.63) is 0 Å². The molecule has 0 N–H and O–H groups in total. The van der Waals surface area contributed by atoms with Crippen LogP contribution >= 0.6 is 0 Å². The molecule has 0 aromatic rings. The lowest BCUT2D eigenvalue weighted by Gasteiger charge is -2.34. The van der Waals surface area contributed by atoms with E-state index < -0.39 is 0 Å². The predicted octanol–water partition coefficient (Wildman–Crippen LogP) is 1.29. The van der Waals surface area contributed by atoms with E-state index in [1.165, 1.54) is 0 Å². The predicted molar refractivity (Wildman–Crippen MR) is 49.1 cm³/mol. The maximum atomic E-state index is 11.7. The first kappa shape index (κ1) is 9.23. The second kappa shape index (κ2) is 2.88. The van der Waals surface area contributed by atoms with Crippen LogP contribution in [0.3, 0.4) is 0 Å². The van der Waals surface area contributed by atoms with Gasteiger partial charge < -0.3 is 4.90 Å². The van der Waals surface area contributed by atoms with Gasteiger partial charge in [-0.2, -0.15) is 0 Å². The fourth-order valence-electron chi connectivity index (χ4n) is 1.19. The van der Waals surface area contributed by atoms with Crippen molar-refractivity contribution >= 4 is 12.2 Å². The molecule has 3 heteroatoms. The third kappa shape index (κ3) is 1.49. The van der Waals surface area contributed by atoms with E-state index in [1.54, 1.807) is 11.2 Å². The lowest BCUT2D eigenvalue weighted by atomic mass is 9.90. The Kier molecular flexibility index (Phi) is 2.22. The number of amides is 1. The average molecular weight is 168 g/mol. The van der Waals surface area contributed by atoms with Crippen LogP contribution in [-0.4, -0.2) is 29.7 Å². The quantitative estimate of drug-likeness (QED) is 0.580. The molecule has 1 amide bonds. The highest BCUT2D eigenvalue weighted by Gasteiger charge is 2.34. The van der Waals surface area contributed by atoms with Crippen LogP contribution < -0.4 is 0 Å². The summed E-state index contributed by atoms with van der Waals surface area (Å²) >= 11 is 0. The Bertz CT molecular complexity index is 219. The number of carbonyl (C=O) groups is 1. The highest BCUT2D eigenvalue weighted by Crippen LogP contribution is 2.22. The van der Waals surface area contributed by atoms with Crippen LogP contribution in [0.2, 0.25) is 0 Å². The van der Waals surface area contributed by atoms with Crippen molar-refractivity contribution in [3.63, 3.8) is 0 Å². The molecule has 3 nitrogen and oxygen atoms in total. The Labute approximate surface area is 73.5 Å². The Morgan fingerprint density at radius 1 is 1.58 bits per heavy atom. The summed E-state index contributed by atoms with van der Waals surface area (Å²) in [4.78, 5) is 17.6. The minimum absolute atomic E-state index is 0.174. The largest absolute Gasteiger partial charge is 0.300 e. The van der Waals surface area contributed by atoms with Crippen LogP contribution in [0.25, 0.3) is 0 Å². The van der Waals surface area contributed by atoms with E-state index in [2.05, 4.69) is 4.99 Å². The zero-order valence-corrected chi connectivity index (χ0v) is 8.16. The van der Waals surface area contributed by atoms with Gasteiger partial charge in [-0.3, -0.25) is 9.79 Å². The van der Waals surface area contributed by atoms with Gasteiger partial charge in [-0.15, -0.1) is 0 Å². The van der Waals surface area contributed by atoms with Gasteiger partial charge in [-0.05, 0) is 27.7 Å². The van der Waals surface area contributed by atoms with Gasteiger partial charge in [0.15, 0.2) is 0 Å². The molecule has 0 spiro atoms. The molecule has 0 radical (unpaired) electrons. The van der Waals surface area contributed by atoms with Crippen molar-refractivity contribution in [3.8, 4) is 0 Å². The van der Waals surface area contributed by atoms with E-state index in [0.29, 0.717) is 6.54 Å². The first-order chi connectivity index (χ1) is 5.45. The number of hydrogen-bond donors (Lipinski definition) is 0. The lowest BCUT2D eigenvalue weighted by Crippen LogP contribution is -2.48. The molecule has 68 valence electrons. The zero-order valence-electron chi connectivity index (χ0n) is 8.16. The fraction of sp³-hybridized carbons (Fsp3) is 0.778. The minimum atomic E-state index is -0.320. The van der Waals surface area contributed by atoms with E-state index in [9.17, 15) is 4.79 Å². The van der Waals surface area contributed by atoms with Crippen molar-refractivity contribution < 1.29 is 4.79 Å². The molecule has 0 aromatic heterocycles. The molecule has 1 heterocycles. The maximum Gasteiger partial charge on any atom is 0.235 e. The molecule has 0 bridgehead atoms. The molecule has 0 saturated heterocycles. The Morgan fingerprint density at radius 2 is 2.17 bits per heavy atom. The number of aliphatic imine (C=N–C) groups is 1. The maximum absolute atomic E-state index is 11.7. The van der Waals surface area contributed by atoms with Crippen LogP contribution in [0.4, 0.5) is 0 Å². The number of carbonyl (C=O) groups excluding carboxylic acids is 1. The van der Waals surface area contributed by atoms with Crippen molar-refractivity contribution in [2.24, 2.45) is 10.4 Å². The molecule has 1 aliphatic rings. The third-order valence-corrected chi connectivity index (χ3v) is 2.06. The lowest BCUT2D eigenvalue weighted by molar-refractivity contribution is -0.137. The van der Waals surface area contributed by atoms with Gasteiger partial charge >= 0.3 is 0 Å². The second-order valence-corrected chi connectivity index (χ2v) is 4.15. The number of hydrogen-bond acceptors (Lipinski definition) is 2. The van der Waals surface area contributed by atoms with E-state index in [4.69, 9.17) is 0 Å². The van der Waals surface area contributed by atoms with Crippen LogP contribution in [0.5, 0.6) is 0 Å². The molecule has 0 atom stereocenters. The molecular weight excluding hydrogens is 152 g/mol. The van der Waals surface area contributed by atoms with Crippen molar-refractivity contribution in [2.45, 2.75) is 33.7 Å². The van der Waals surface area contributed by atoms with Gasteiger partial charge in [0.1, 0.15) is 0 Å². The zero-order chi connectivity index (χ0) is 9.35. The monoisotopic (exact) mass is 168 g/mol. The highest BCUT2D eigenvalue weighted by atomic mass is 16.2. The minimum Gasteiger partial charge on any atom is -0.300 e. The Hall–Kier alpha value is -0.860. The normalized spacial score (nSPS) is 22.1. The summed E-state index contributed by atoms with van der Waals surface area (Å²) in [6.07, 6.45) is 1.65. The standard InChI is InChI=1S/C9H16N2O/c1-7(2)11-6-10-5-9(3,4)8(11)12/h6-7H,5H2,1-4H3. The molecule has 0 aromatic carbocycles. The van der Waals surface area contributed by atoms with Gasteiger partial charge in [-0.25, -0.2) is 0 Å². The summed E-state index contributed by atoms with van der Waals surface area (Å²) in [6.45, 7) is 8.45. The first-order valence-electron chi connectivity index (χ1n) is 4.28. The Morgan fingerprint density at radius 3 is 2.58 bits per heavy atom. The smallest absolute Gasteiger partial charge is 0.235 e. The van der Waals surface area contributed by atoms with E-state index >= 15 is 0 Å². The summed E-state index contributed by atoms with van der Waals surface area (Å²) in [5.74, 6) is 0.174. The molecule has 0 aliphatic carbocycles.